The number of hydrogen-bond donors (Lipinski definition) is 0. The van der Waals surface area contributed by atoms with Crippen molar-refractivity contribution in [1.29, 1.82) is 0 Å². The lowest BCUT2D eigenvalue weighted by molar-refractivity contribution is -0.142. The molecule has 3 rings (SSSR count). The third kappa shape index (κ3) is 1.82. The fraction of sp³-hybridized carbons (Fsp3) is 0.357. The van der Waals surface area contributed by atoms with Gasteiger partial charge in [-0.1, -0.05) is 12.1 Å². The number of nitrogens with zero attached hydrogens (tertiary/aromatic N) is 1. The minimum Gasteiger partial charge on any atom is -0.469 e. The highest BCUT2D eigenvalue weighted by atomic mass is 16.5. The molecule has 1 aliphatic heterocycles. The van der Waals surface area contributed by atoms with Gasteiger partial charge in [0.15, 0.2) is 0 Å². The monoisotopic (exact) mass is 259 g/mol. The molecule has 98 valence electrons. The zero-order valence-corrected chi connectivity index (χ0v) is 10.5. The van der Waals surface area contributed by atoms with Crippen LogP contribution in [0.2, 0.25) is 0 Å². The van der Waals surface area contributed by atoms with Crippen molar-refractivity contribution < 1.29 is 19.1 Å². The molecular formula is C14H13NO4. The molecule has 1 fully saturated rings. The van der Waals surface area contributed by atoms with Gasteiger partial charge in [0, 0.05) is 6.54 Å². The summed E-state index contributed by atoms with van der Waals surface area (Å²) >= 11 is 0. The van der Waals surface area contributed by atoms with Crippen molar-refractivity contribution in [3.05, 3.63) is 35.4 Å². The molecule has 0 spiro atoms. The first-order valence-electron chi connectivity index (χ1n) is 6.16. The van der Waals surface area contributed by atoms with Crippen molar-refractivity contribution in [1.82, 2.24) is 4.90 Å². The molecule has 0 bridgehead atoms. The van der Waals surface area contributed by atoms with Gasteiger partial charge in [0.25, 0.3) is 11.8 Å². The predicted molar refractivity (Wildman–Crippen MR) is 65.4 cm³/mol. The summed E-state index contributed by atoms with van der Waals surface area (Å²) in [5, 5.41) is 0. The van der Waals surface area contributed by atoms with Gasteiger partial charge in [-0.3, -0.25) is 19.3 Å². The first kappa shape index (κ1) is 11.9. The average molecular weight is 259 g/mol. The third-order valence-corrected chi connectivity index (χ3v) is 3.72. The fourth-order valence-corrected chi connectivity index (χ4v) is 2.53. The summed E-state index contributed by atoms with van der Waals surface area (Å²) in [7, 11) is 1.35. The summed E-state index contributed by atoms with van der Waals surface area (Å²) in [6.45, 7) is 0.298. The van der Waals surface area contributed by atoms with Crippen LogP contribution in [0.15, 0.2) is 24.3 Å². The van der Waals surface area contributed by atoms with Crippen LogP contribution in [0.25, 0.3) is 0 Å². The second-order valence-electron chi connectivity index (χ2n) is 4.89. The molecule has 19 heavy (non-hydrogen) atoms. The number of imide groups is 1. The topological polar surface area (TPSA) is 63.7 Å². The molecule has 2 atom stereocenters. The van der Waals surface area contributed by atoms with E-state index in [-0.39, 0.29) is 29.6 Å². The Balaban J connectivity index is 1.74. The maximum absolute atomic E-state index is 12.1. The van der Waals surface area contributed by atoms with Crippen LogP contribution in [-0.2, 0) is 9.53 Å². The van der Waals surface area contributed by atoms with Crippen LogP contribution >= 0.6 is 0 Å². The fourth-order valence-electron chi connectivity index (χ4n) is 2.53. The van der Waals surface area contributed by atoms with E-state index in [2.05, 4.69) is 4.74 Å². The molecule has 1 aliphatic carbocycles. The molecule has 1 aromatic carbocycles. The molecular weight excluding hydrogens is 246 g/mol. The second kappa shape index (κ2) is 4.19. The molecule has 0 radical (unpaired) electrons. The molecule has 2 amide bonds. The molecule has 0 saturated heterocycles. The van der Waals surface area contributed by atoms with Crippen LogP contribution < -0.4 is 0 Å². The quantitative estimate of drug-likeness (QED) is 0.602. The van der Waals surface area contributed by atoms with Crippen LogP contribution in [0.1, 0.15) is 27.1 Å². The lowest BCUT2D eigenvalue weighted by atomic mass is 10.1. The van der Waals surface area contributed by atoms with Gasteiger partial charge in [-0.25, -0.2) is 0 Å². The lowest BCUT2D eigenvalue weighted by Crippen LogP contribution is -2.32. The van der Waals surface area contributed by atoms with E-state index in [0.29, 0.717) is 24.1 Å². The van der Waals surface area contributed by atoms with Crippen LogP contribution in [0.3, 0.4) is 0 Å². The maximum atomic E-state index is 12.1. The standard InChI is InChI=1S/C14H13NO4/c1-19-14(18)11-6-8(11)7-15-12(16)9-4-2-3-5-10(9)13(15)17/h2-5,8,11H,6-7H2,1H3/t8-,11+/m0/s1. The number of methoxy groups -OCH3 is 1. The van der Waals surface area contributed by atoms with E-state index in [1.165, 1.54) is 12.0 Å². The highest BCUT2D eigenvalue weighted by molar-refractivity contribution is 6.21. The van der Waals surface area contributed by atoms with E-state index in [1.54, 1.807) is 24.3 Å². The van der Waals surface area contributed by atoms with Gasteiger partial charge in [-0.05, 0) is 24.5 Å². The van der Waals surface area contributed by atoms with E-state index in [9.17, 15) is 14.4 Å². The van der Waals surface area contributed by atoms with Crippen LogP contribution in [-0.4, -0.2) is 36.3 Å². The maximum Gasteiger partial charge on any atom is 0.309 e. The van der Waals surface area contributed by atoms with E-state index in [4.69, 9.17) is 0 Å². The number of esters is 1. The Morgan fingerprint density at radius 2 is 1.84 bits per heavy atom. The van der Waals surface area contributed by atoms with E-state index < -0.39 is 0 Å². The molecule has 2 aliphatic rings. The van der Waals surface area contributed by atoms with Gasteiger partial charge in [-0.2, -0.15) is 0 Å². The summed E-state index contributed by atoms with van der Waals surface area (Å²) in [5.74, 6) is -0.933. The molecule has 0 N–H and O–H groups in total. The largest absolute Gasteiger partial charge is 0.469 e. The van der Waals surface area contributed by atoms with Gasteiger partial charge in [-0.15, -0.1) is 0 Å². The number of ether oxygens (including phenoxy) is 1. The summed E-state index contributed by atoms with van der Waals surface area (Å²) in [6.07, 6.45) is 0.681. The number of amides is 2. The molecule has 0 aromatic heterocycles. The van der Waals surface area contributed by atoms with Crippen molar-refractivity contribution in [2.24, 2.45) is 11.8 Å². The van der Waals surface area contributed by atoms with Gasteiger partial charge < -0.3 is 4.74 Å². The molecule has 5 heteroatoms. The first-order chi connectivity index (χ1) is 9.13. The van der Waals surface area contributed by atoms with Gasteiger partial charge in [0.05, 0.1) is 24.2 Å². The number of benzene rings is 1. The van der Waals surface area contributed by atoms with Crippen molar-refractivity contribution in [3.8, 4) is 0 Å². The minimum atomic E-state index is -0.267. The Morgan fingerprint density at radius 1 is 1.26 bits per heavy atom. The summed E-state index contributed by atoms with van der Waals surface area (Å²) < 4.78 is 4.66. The van der Waals surface area contributed by atoms with E-state index >= 15 is 0 Å². The molecule has 1 heterocycles. The van der Waals surface area contributed by atoms with E-state index in [1.807, 2.05) is 0 Å². The summed E-state index contributed by atoms with van der Waals surface area (Å²) in [5.41, 5.74) is 0.894. The Hall–Kier alpha value is -2.17. The zero-order chi connectivity index (χ0) is 13.6. The molecule has 1 saturated carbocycles. The highest BCUT2D eigenvalue weighted by Crippen LogP contribution is 2.41. The van der Waals surface area contributed by atoms with Gasteiger partial charge >= 0.3 is 5.97 Å². The number of fused-ring (bicyclic) bond motifs is 1. The van der Waals surface area contributed by atoms with Crippen molar-refractivity contribution in [3.63, 3.8) is 0 Å². The first-order valence-corrected chi connectivity index (χ1v) is 6.16. The number of rotatable bonds is 3. The van der Waals surface area contributed by atoms with Crippen molar-refractivity contribution in [2.75, 3.05) is 13.7 Å². The predicted octanol–water partition coefficient (Wildman–Crippen LogP) is 1.09. The number of carbonyl (C=O) groups is 3. The smallest absolute Gasteiger partial charge is 0.309 e. The van der Waals surface area contributed by atoms with Crippen LogP contribution in [0.4, 0.5) is 0 Å². The van der Waals surface area contributed by atoms with Crippen molar-refractivity contribution >= 4 is 17.8 Å². The van der Waals surface area contributed by atoms with Crippen LogP contribution in [0, 0.1) is 11.8 Å². The Labute approximate surface area is 110 Å². The average Bonchev–Trinajstić information content (AvgIpc) is 3.17. The van der Waals surface area contributed by atoms with Crippen LogP contribution in [0.5, 0.6) is 0 Å². The Kier molecular flexibility index (Phi) is 2.62. The number of carbonyl (C=O) groups excluding carboxylic acids is 3. The molecule has 5 nitrogen and oxygen atoms in total. The Morgan fingerprint density at radius 3 is 2.37 bits per heavy atom. The second-order valence-corrected chi connectivity index (χ2v) is 4.89. The van der Waals surface area contributed by atoms with Gasteiger partial charge in [0.2, 0.25) is 0 Å². The highest BCUT2D eigenvalue weighted by Gasteiger charge is 2.47. The lowest BCUT2D eigenvalue weighted by Gasteiger charge is -2.13. The summed E-state index contributed by atoms with van der Waals surface area (Å²) in [6, 6.07) is 6.78. The Bertz CT molecular complexity index is 546. The molecule has 0 unspecified atom stereocenters. The zero-order valence-electron chi connectivity index (χ0n) is 10.5. The van der Waals surface area contributed by atoms with E-state index in [0.717, 1.165) is 0 Å². The SMILES string of the molecule is COC(=O)[C@@H]1C[C@H]1CN1C(=O)c2ccccc2C1=O. The minimum absolute atomic E-state index is 0.0367. The summed E-state index contributed by atoms with van der Waals surface area (Å²) in [4.78, 5) is 36.8. The normalized spacial score (nSPS) is 24.4. The van der Waals surface area contributed by atoms with Gasteiger partial charge in [0.1, 0.15) is 0 Å². The van der Waals surface area contributed by atoms with Crippen molar-refractivity contribution in [2.45, 2.75) is 6.42 Å². The third-order valence-electron chi connectivity index (χ3n) is 3.72. The number of hydrogen-bond acceptors (Lipinski definition) is 4. The molecule has 1 aromatic rings.